The van der Waals surface area contributed by atoms with Crippen molar-refractivity contribution >= 4 is 15.9 Å². The number of benzene rings is 2. The number of halogens is 2. The van der Waals surface area contributed by atoms with Gasteiger partial charge in [-0.25, -0.2) is 4.39 Å². The van der Waals surface area contributed by atoms with Gasteiger partial charge in [0.2, 0.25) is 0 Å². The number of hydrogen-bond acceptors (Lipinski definition) is 4. The normalized spacial score (nSPS) is 18.0. The van der Waals surface area contributed by atoms with Crippen molar-refractivity contribution in [3.05, 3.63) is 64.4 Å². The van der Waals surface area contributed by atoms with Crippen molar-refractivity contribution in [2.45, 2.75) is 31.6 Å². The van der Waals surface area contributed by atoms with Gasteiger partial charge in [-0.2, -0.15) is 0 Å². The van der Waals surface area contributed by atoms with Crippen LogP contribution in [0.1, 0.15) is 18.4 Å². The Labute approximate surface area is 168 Å². The number of nitrogens with zero attached hydrogens (tertiary/aromatic N) is 1. The van der Waals surface area contributed by atoms with Gasteiger partial charge in [0.1, 0.15) is 24.3 Å². The molecule has 0 aromatic heterocycles. The third kappa shape index (κ3) is 6.57. The molecule has 0 saturated carbocycles. The molecule has 1 fully saturated rings. The number of aliphatic hydroxyl groups excluding tert-OH is 1. The van der Waals surface area contributed by atoms with E-state index in [-0.39, 0.29) is 18.5 Å². The van der Waals surface area contributed by atoms with Crippen LogP contribution in [0.4, 0.5) is 4.39 Å². The van der Waals surface area contributed by atoms with Crippen molar-refractivity contribution in [2.24, 2.45) is 0 Å². The molecule has 2 unspecified atom stereocenters. The Bertz CT molecular complexity index is 707. The molecule has 2 atom stereocenters. The Morgan fingerprint density at radius 3 is 2.70 bits per heavy atom. The molecular formula is C21H25BrFNO3. The van der Waals surface area contributed by atoms with Crippen molar-refractivity contribution < 1.29 is 19.0 Å². The molecule has 146 valence electrons. The number of ether oxygens (including phenoxy) is 2. The molecule has 0 spiro atoms. The highest BCUT2D eigenvalue weighted by atomic mass is 79.9. The van der Waals surface area contributed by atoms with Crippen LogP contribution in [0.15, 0.2) is 53.0 Å². The van der Waals surface area contributed by atoms with Gasteiger partial charge in [0.05, 0.1) is 6.10 Å². The van der Waals surface area contributed by atoms with Crippen LogP contribution in [0.2, 0.25) is 0 Å². The Balaban J connectivity index is 1.57. The van der Waals surface area contributed by atoms with Crippen LogP contribution < -0.4 is 4.74 Å². The first-order valence-corrected chi connectivity index (χ1v) is 10.0. The van der Waals surface area contributed by atoms with Crippen LogP contribution in [0.5, 0.6) is 5.75 Å². The second-order valence-corrected chi connectivity index (χ2v) is 7.75. The van der Waals surface area contributed by atoms with Gasteiger partial charge in [0.25, 0.3) is 0 Å². The molecular weight excluding hydrogens is 413 g/mol. The zero-order valence-corrected chi connectivity index (χ0v) is 16.8. The zero-order chi connectivity index (χ0) is 19.1. The van der Waals surface area contributed by atoms with E-state index >= 15 is 0 Å². The predicted octanol–water partition coefficient (Wildman–Crippen LogP) is 4.01. The van der Waals surface area contributed by atoms with E-state index in [4.69, 9.17) is 9.47 Å². The minimum Gasteiger partial charge on any atom is -0.491 e. The molecule has 2 aromatic carbocycles. The molecule has 2 aromatic rings. The SMILES string of the molecule is OC(COc1ccc(Br)cc1)CN(Cc1ccccc1F)CC1CCCO1. The molecule has 1 aliphatic heterocycles. The van der Waals surface area contributed by atoms with Crippen molar-refractivity contribution in [1.82, 2.24) is 4.90 Å². The monoisotopic (exact) mass is 437 g/mol. The van der Waals surface area contributed by atoms with Crippen LogP contribution in [0.3, 0.4) is 0 Å². The van der Waals surface area contributed by atoms with Gasteiger partial charge in [-0.1, -0.05) is 34.1 Å². The smallest absolute Gasteiger partial charge is 0.127 e. The lowest BCUT2D eigenvalue weighted by Crippen LogP contribution is -2.39. The maximum Gasteiger partial charge on any atom is 0.127 e. The highest BCUT2D eigenvalue weighted by Crippen LogP contribution is 2.18. The molecule has 6 heteroatoms. The standard InChI is InChI=1S/C21H25BrFNO3/c22-17-7-9-19(10-8-17)27-15-18(25)13-24(14-20-5-3-11-26-20)12-16-4-1-2-6-21(16)23/h1-2,4,6-10,18,20,25H,3,5,11-15H2. The summed E-state index contributed by atoms with van der Waals surface area (Å²) in [5, 5.41) is 10.4. The Kier molecular flexibility index (Phi) is 7.64. The fraction of sp³-hybridized carbons (Fsp3) is 0.429. The summed E-state index contributed by atoms with van der Waals surface area (Å²) in [5.41, 5.74) is 0.622. The molecule has 1 saturated heterocycles. The largest absolute Gasteiger partial charge is 0.491 e. The average molecular weight is 438 g/mol. The molecule has 4 nitrogen and oxygen atoms in total. The molecule has 1 heterocycles. The van der Waals surface area contributed by atoms with Crippen LogP contribution >= 0.6 is 15.9 Å². The van der Waals surface area contributed by atoms with Gasteiger partial charge < -0.3 is 14.6 Å². The summed E-state index contributed by atoms with van der Waals surface area (Å²) in [6.45, 7) is 2.45. The van der Waals surface area contributed by atoms with Crippen LogP contribution in [0.25, 0.3) is 0 Å². The van der Waals surface area contributed by atoms with E-state index in [2.05, 4.69) is 15.9 Å². The Hall–Kier alpha value is -1.47. The minimum atomic E-state index is -0.679. The van der Waals surface area contributed by atoms with E-state index in [1.165, 1.54) is 6.07 Å². The molecule has 27 heavy (non-hydrogen) atoms. The van der Waals surface area contributed by atoms with Crippen molar-refractivity contribution in [3.8, 4) is 5.75 Å². The van der Waals surface area contributed by atoms with Crippen molar-refractivity contribution in [3.63, 3.8) is 0 Å². The van der Waals surface area contributed by atoms with Crippen molar-refractivity contribution in [2.75, 3.05) is 26.3 Å². The highest BCUT2D eigenvalue weighted by molar-refractivity contribution is 9.10. The van der Waals surface area contributed by atoms with Crippen molar-refractivity contribution in [1.29, 1.82) is 0 Å². The lowest BCUT2D eigenvalue weighted by Gasteiger charge is -2.27. The number of rotatable bonds is 9. The molecule has 1 N–H and O–H groups in total. The Morgan fingerprint density at radius 1 is 1.22 bits per heavy atom. The van der Waals surface area contributed by atoms with Crippen LogP contribution in [-0.4, -0.2) is 48.5 Å². The van der Waals surface area contributed by atoms with E-state index in [1.54, 1.807) is 12.1 Å². The fourth-order valence-corrected chi connectivity index (χ4v) is 3.49. The van der Waals surface area contributed by atoms with E-state index in [1.807, 2.05) is 35.2 Å². The molecule has 1 aliphatic rings. The second-order valence-electron chi connectivity index (χ2n) is 6.84. The second kappa shape index (κ2) is 10.2. The summed E-state index contributed by atoms with van der Waals surface area (Å²) >= 11 is 3.38. The zero-order valence-electron chi connectivity index (χ0n) is 15.2. The van der Waals surface area contributed by atoms with E-state index in [0.717, 1.165) is 23.9 Å². The maximum atomic E-state index is 14.1. The molecule has 0 radical (unpaired) electrons. The first-order chi connectivity index (χ1) is 13.1. The quantitative estimate of drug-likeness (QED) is 0.643. The van der Waals surface area contributed by atoms with E-state index < -0.39 is 6.10 Å². The lowest BCUT2D eigenvalue weighted by molar-refractivity contribution is 0.0310. The lowest BCUT2D eigenvalue weighted by atomic mass is 10.1. The summed E-state index contributed by atoms with van der Waals surface area (Å²) < 4.78 is 26.4. The molecule has 0 amide bonds. The van der Waals surface area contributed by atoms with Crippen LogP contribution in [-0.2, 0) is 11.3 Å². The topological polar surface area (TPSA) is 41.9 Å². The summed E-state index contributed by atoms with van der Waals surface area (Å²) in [7, 11) is 0. The average Bonchev–Trinajstić information content (AvgIpc) is 3.16. The molecule has 3 rings (SSSR count). The van der Waals surface area contributed by atoms with Gasteiger partial charge in [-0.3, -0.25) is 4.90 Å². The first kappa shape index (κ1) is 20.3. The Morgan fingerprint density at radius 2 is 2.00 bits per heavy atom. The van der Waals surface area contributed by atoms with Gasteiger partial charge in [-0.05, 0) is 43.2 Å². The van der Waals surface area contributed by atoms with Crippen LogP contribution in [0, 0.1) is 5.82 Å². The summed E-state index contributed by atoms with van der Waals surface area (Å²) in [6.07, 6.45) is 1.50. The molecule has 0 bridgehead atoms. The van der Waals surface area contributed by atoms with E-state index in [0.29, 0.717) is 30.9 Å². The summed E-state index contributed by atoms with van der Waals surface area (Å²) in [6, 6.07) is 14.2. The van der Waals surface area contributed by atoms with Gasteiger partial charge in [0, 0.05) is 36.3 Å². The molecule has 0 aliphatic carbocycles. The van der Waals surface area contributed by atoms with E-state index in [9.17, 15) is 9.50 Å². The fourth-order valence-electron chi connectivity index (χ4n) is 3.22. The third-order valence-corrected chi connectivity index (χ3v) is 5.09. The summed E-state index contributed by atoms with van der Waals surface area (Å²) in [4.78, 5) is 2.05. The predicted molar refractivity (Wildman–Crippen MR) is 106 cm³/mol. The van der Waals surface area contributed by atoms with Gasteiger partial charge in [-0.15, -0.1) is 0 Å². The number of hydrogen-bond donors (Lipinski definition) is 1. The summed E-state index contributed by atoms with van der Waals surface area (Å²) in [5.74, 6) is 0.479. The minimum absolute atomic E-state index is 0.136. The highest BCUT2D eigenvalue weighted by Gasteiger charge is 2.22. The van der Waals surface area contributed by atoms with Gasteiger partial charge >= 0.3 is 0 Å². The van der Waals surface area contributed by atoms with Gasteiger partial charge in [0.15, 0.2) is 0 Å². The maximum absolute atomic E-state index is 14.1. The first-order valence-electron chi connectivity index (χ1n) is 9.24. The third-order valence-electron chi connectivity index (χ3n) is 4.56. The number of aliphatic hydroxyl groups is 1.